The van der Waals surface area contributed by atoms with Gasteiger partial charge < -0.3 is 0 Å². The molecular formula is C14H7F6I. The number of benzene rings is 2. The van der Waals surface area contributed by atoms with Gasteiger partial charge in [0.1, 0.15) is 0 Å². The van der Waals surface area contributed by atoms with Crippen molar-refractivity contribution in [2.45, 2.75) is 12.4 Å². The van der Waals surface area contributed by atoms with Crippen LogP contribution in [0.5, 0.6) is 0 Å². The van der Waals surface area contributed by atoms with Crippen LogP contribution in [0, 0.1) is 3.57 Å². The lowest BCUT2D eigenvalue weighted by atomic mass is 9.95. The van der Waals surface area contributed by atoms with Crippen molar-refractivity contribution in [3.8, 4) is 11.1 Å². The number of halogens is 7. The molecule has 21 heavy (non-hydrogen) atoms. The summed E-state index contributed by atoms with van der Waals surface area (Å²) in [5, 5.41) is 0. The molecule has 0 aromatic heterocycles. The molecule has 0 amide bonds. The zero-order valence-corrected chi connectivity index (χ0v) is 12.3. The van der Waals surface area contributed by atoms with E-state index in [4.69, 9.17) is 0 Å². The summed E-state index contributed by atoms with van der Waals surface area (Å²) in [6.45, 7) is 0. The van der Waals surface area contributed by atoms with Crippen LogP contribution in [0.4, 0.5) is 26.3 Å². The van der Waals surface area contributed by atoms with E-state index in [2.05, 4.69) is 0 Å². The predicted octanol–water partition coefficient (Wildman–Crippen LogP) is 6.00. The van der Waals surface area contributed by atoms with Gasteiger partial charge in [-0.05, 0) is 51.9 Å². The molecule has 0 saturated carbocycles. The molecule has 7 heteroatoms. The van der Waals surface area contributed by atoms with Crippen LogP contribution >= 0.6 is 22.6 Å². The Morgan fingerprint density at radius 1 is 0.667 bits per heavy atom. The average molecular weight is 416 g/mol. The molecule has 0 radical (unpaired) electrons. The molecule has 2 aromatic carbocycles. The lowest BCUT2D eigenvalue weighted by Crippen LogP contribution is -2.11. The highest BCUT2D eigenvalue weighted by Gasteiger charge is 2.38. The molecule has 112 valence electrons. The third-order valence-electron chi connectivity index (χ3n) is 2.81. The first-order valence-corrected chi connectivity index (χ1v) is 6.72. The van der Waals surface area contributed by atoms with Gasteiger partial charge in [-0.2, -0.15) is 26.3 Å². The third-order valence-corrected chi connectivity index (χ3v) is 3.48. The summed E-state index contributed by atoms with van der Waals surface area (Å²) in [6, 6.07) is 7.49. The average Bonchev–Trinajstić information content (AvgIpc) is 2.36. The first-order chi connectivity index (χ1) is 9.60. The summed E-state index contributed by atoms with van der Waals surface area (Å²) in [4.78, 5) is 0. The first kappa shape index (κ1) is 16.1. The Morgan fingerprint density at radius 2 is 1.19 bits per heavy atom. The van der Waals surface area contributed by atoms with Gasteiger partial charge in [-0.25, -0.2) is 0 Å². The van der Waals surface area contributed by atoms with Crippen LogP contribution in [0.2, 0.25) is 0 Å². The second-order valence-electron chi connectivity index (χ2n) is 4.23. The monoisotopic (exact) mass is 416 g/mol. The van der Waals surface area contributed by atoms with Crippen molar-refractivity contribution in [3.05, 3.63) is 57.2 Å². The van der Waals surface area contributed by atoms with E-state index in [0.29, 0.717) is 3.57 Å². The number of hydrogen-bond donors (Lipinski definition) is 0. The van der Waals surface area contributed by atoms with E-state index < -0.39 is 34.6 Å². The summed E-state index contributed by atoms with van der Waals surface area (Å²) in [6.07, 6.45) is -9.45. The highest BCUT2D eigenvalue weighted by Crippen LogP contribution is 2.42. The Hall–Kier alpha value is -1.25. The minimum Gasteiger partial charge on any atom is -0.166 e. The fourth-order valence-electron chi connectivity index (χ4n) is 1.95. The van der Waals surface area contributed by atoms with Crippen LogP contribution in [-0.4, -0.2) is 0 Å². The lowest BCUT2D eigenvalue weighted by molar-refractivity contribution is -0.139. The zero-order chi connectivity index (χ0) is 15.8. The number of rotatable bonds is 1. The second kappa shape index (κ2) is 5.51. The van der Waals surface area contributed by atoms with Crippen molar-refractivity contribution in [1.29, 1.82) is 0 Å². The van der Waals surface area contributed by atoms with Crippen LogP contribution in [0.25, 0.3) is 11.1 Å². The van der Waals surface area contributed by atoms with E-state index >= 15 is 0 Å². The third kappa shape index (κ3) is 3.50. The maximum Gasteiger partial charge on any atom is 0.417 e. The van der Waals surface area contributed by atoms with Crippen molar-refractivity contribution in [2.24, 2.45) is 0 Å². The standard InChI is InChI=1S/C14H7F6I/c15-13(16,17)11-4-2-1-3-9(11)10-6-5-8(21)7-12(10)14(18,19)20/h1-7H. The molecule has 0 aliphatic rings. The number of alkyl halides is 6. The molecule has 2 aromatic rings. The van der Waals surface area contributed by atoms with E-state index in [1.165, 1.54) is 12.1 Å². The molecule has 0 saturated heterocycles. The van der Waals surface area contributed by atoms with Gasteiger partial charge in [-0.3, -0.25) is 0 Å². The smallest absolute Gasteiger partial charge is 0.166 e. The van der Waals surface area contributed by atoms with Crippen molar-refractivity contribution < 1.29 is 26.3 Å². The largest absolute Gasteiger partial charge is 0.417 e. The molecule has 0 N–H and O–H groups in total. The van der Waals surface area contributed by atoms with Crippen LogP contribution < -0.4 is 0 Å². The molecule has 0 aliphatic carbocycles. The van der Waals surface area contributed by atoms with Gasteiger partial charge in [0, 0.05) is 3.57 Å². The van der Waals surface area contributed by atoms with Gasteiger partial charge in [0.05, 0.1) is 11.1 Å². The van der Waals surface area contributed by atoms with E-state index in [-0.39, 0.29) is 0 Å². The summed E-state index contributed by atoms with van der Waals surface area (Å²) in [5.74, 6) is 0. The van der Waals surface area contributed by atoms with Gasteiger partial charge in [0.2, 0.25) is 0 Å². The van der Waals surface area contributed by atoms with Gasteiger partial charge in [-0.15, -0.1) is 0 Å². The minimum atomic E-state index is -4.73. The highest BCUT2D eigenvalue weighted by atomic mass is 127. The Balaban J connectivity index is 2.75. The van der Waals surface area contributed by atoms with Crippen LogP contribution in [-0.2, 0) is 12.4 Å². The highest BCUT2D eigenvalue weighted by molar-refractivity contribution is 14.1. The Labute approximate surface area is 129 Å². The summed E-state index contributed by atoms with van der Waals surface area (Å²) in [5.41, 5.74) is -3.12. The molecule has 0 unspecified atom stereocenters. The van der Waals surface area contributed by atoms with Crippen LogP contribution in [0.3, 0.4) is 0 Å². The molecule has 0 bridgehead atoms. The van der Waals surface area contributed by atoms with E-state index in [9.17, 15) is 26.3 Å². The summed E-state index contributed by atoms with van der Waals surface area (Å²) >= 11 is 1.68. The second-order valence-corrected chi connectivity index (χ2v) is 5.48. The quantitative estimate of drug-likeness (QED) is 0.396. The fourth-order valence-corrected chi connectivity index (χ4v) is 2.44. The fraction of sp³-hybridized carbons (Fsp3) is 0.143. The molecule has 0 heterocycles. The maximum absolute atomic E-state index is 13.1. The summed E-state index contributed by atoms with van der Waals surface area (Å²) < 4.78 is 78.3. The normalized spacial score (nSPS) is 12.5. The van der Waals surface area contributed by atoms with Crippen LogP contribution in [0.15, 0.2) is 42.5 Å². The minimum absolute atomic E-state index is 0.299. The molecular weight excluding hydrogens is 409 g/mol. The molecule has 0 fully saturated rings. The predicted molar refractivity (Wildman–Crippen MR) is 74.6 cm³/mol. The van der Waals surface area contributed by atoms with E-state index in [0.717, 1.165) is 30.3 Å². The lowest BCUT2D eigenvalue weighted by Gasteiger charge is -2.17. The molecule has 0 spiro atoms. The Kier molecular flexibility index (Phi) is 4.23. The van der Waals surface area contributed by atoms with Crippen molar-refractivity contribution in [1.82, 2.24) is 0 Å². The van der Waals surface area contributed by atoms with E-state index in [1.807, 2.05) is 0 Å². The van der Waals surface area contributed by atoms with Crippen LogP contribution in [0.1, 0.15) is 11.1 Å². The molecule has 2 rings (SSSR count). The molecule has 0 aliphatic heterocycles. The molecule has 0 nitrogen and oxygen atoms in total. The van der Waals surface area contributed by atoms with E-state index in [1.54, 1.807) is 22.6 Å². The SMILES string of the molecule is FC(F)(F)c1ccccc1-c1ccc(I)cc1C(F)(F)F. The number of hydrogen-bond acceptors (Lipinski definition) is 0. The topological polar surface area (TPSA) is 0 Å². The maximum atomic E-state index is 13.1. The Bertz CT molecular complexity index is 657. The first-order valence-electron chi connectivity index (χ1n) is 5.64. The van der Waals surface area contributed by atoms with Crippen molar-refractivity contribution in [2.75, 3.05) is 0 Å². The van der Waals surface area contributed by atoms with Gasteiger partial charge in [0.25, 0.3) is 0 Å². The van der Waals surface area contributed by atoms with Gasteiger partial charge in [-0.1, -0.05) is 24.3 Å². The zero-order valence-electron chi connectivity index (χ0n) is 10.2. The van der Waals surface area contributed by atoms with Crippen molar-refractivity contribution >= 4 is 22.6 Å². The van der Waals surface area contributed by atoms with Crippen molar-refractivity contribution in [3.63, 3.8) is 0 Å². The van der Waals surface area contributed by atoms with Gasteiger partial charge >= 0.3 is 12.4 Å². The Morgan fingerprint density at radius 3 is 1.76 bits per heavy atom. The molecule has 0 atom stereocenters. The van der Waals surface area contributed by atoms with Gasteiger partial charge in [0.15, 0.2) is 0 Å². The summed E-state index contributed by atoms with van der Waals surface area (Å²) in [7, 11) is 0.